The van der Waals surface area contributed by atoms with E-state index in [1.54, 1.807) is 13.8 Å². The van der Waals surface area contributed by atoms with Crippen molar-refractivity contribution in [2.75, 3.05) is 18.4 Å². The van der Waals surface area contributed by atoms with Crippen LogP contribution in [0.2, 0.25) is 0 Å². The first kappa shape index (κ1) is 25.3. The van der Waals surface area contributed by atoms with Crippen molar-refractivity contribution in [3.8, 4) is 0 Å². The van der Waals surface area contributed by atoms with E-state index < -0.39 is 48.6 Å². The molecular weight excluding hydrogens is 469 g/mol. The first-order valence-electron chi connectivity index (χ1n) is 10.7. The van der Waals surface area contributed by atoms with E-state index in [4.69, 9.17) is 0 Å². The highest BCUT2D eigenvalue weighted by Crippen LogP contribution is 2.23. The van der Waals surface area contributed by atoms with Gasteiger partial charge in [0.15, 0.2) is 0 Å². The molecule has 0 unspecified atom stereocenters. The van der Waals surface area contributed by atoms with Crippen LogP contribution in [0.5, 0.6) is 0 Å². The summed E-state index contributed by atoms with van der Waals surface area (Å²) in [7, 11) is -8.00. The molecule has 0 aliphatic carbocycles. The van der Waals surface area contributed by atoms with Crippen LogP contribution in [0.4, 0.5) is 10.1 Å². The minimum atomic E-state index is -4.31. The largest absolute Gasteiger partial charge is 0.325 e. The first-order valence-corrected chi connectivity index (χ1v) is 13.6. The fourth-order valence-electron chi connectivity index (χ4n) is 3.59. The van der Waals surface area contributed by atoms with E-state index >= 15 is 0 Å². The zero-order valence-electron chi connectivity index (χ0n) is 18.5. The van der Waals surface area contributed by atoms with Crippen LogP contribution in [0.25, 0.3) is 0 Å². The minimum Gasteiger partial charge on any atom is -0.325 e. The lowest BCUT2D eigenvalue weighted by molar-refractivity contribution is -0.118. The molecule has 2 aromatic rings. The molecule has 0 saturated carbocycles. The first-order chi connectivity index (χ1) is 15.5. The van der Waals surface area contributed by atoms with E-state index in [0.717, 1.165) is 31.4 Å². The smallest absolute Gasteiger partial charge is 0.244 e. The van der Waals surface area contributed by atoms with Crippen LogP contribution in [-0.2, 0) is 24.8 Å². The number of halogens is 1. The number of piperidine rings is 1. The van der Waals surface area contributed by atoms with Gasteiger partial charge in [0.25, 0.3) is 0 Å². The van der Waals surface area contributed by atoms with Crippen LogP contribution in [0, 0.1) is 11.7 Å². The molecule has 1 saturated heterocycles. The summed E-state index contributed by atoms with van der Waals surface area (Å²) in [6.07, 6.45) is 2.59. The van der Waals surface area contributed by atoms with Crippen molar-refractivity contribution in [1.29, 1.82) is 0 Å². The molecule has 0 radical (unpaired) electrons. The topological polar surface area (TPSA) is 113 Å². The molecule has 1 amide bonds. The average Bonchev–Trinajstić information content (AvgIpc) is 2.78. The fourth-order valence-corrected chi connectivity index (χ4v) is 6.58. The number of rotatable bonds is 8. The van der Waals surface area contributed by atoms with E-state index in [0.29, 0.717) is 13.1 Å². The Morgan fingerprint density at radius 2 is 1.64 bits per heavy atom. The molecule has 1 atom stereocenters. The molecule has 0 spiro atoms. The van der Waals surface area contributed by atoms with Crippen molar-refractivity contribution in [3.63, 3.8) is 0 Å². The SMILES string of the molecule is CC(C)[C@H](NS(=O)(=O)c1ccccc1F)C(=O)Nc1cccc(S(=O)(=O)N2CCCCC2)c1. The molecule has 8 nitrogen and oxygen atoms in total. The molecule has 3 rings (SSSR count). The van der Waals surface area contributed by atoms with Gasteiger partial charge in [0.2, 0.25) is 26.0 Å². The van der Waals surface area contributed by atoms with Crippen LogP contribution in [0.1, 0.15) is 33.1 Å². The summed E-state index contributed by atoms with van der Waals surface area (Å²) in [4.78, 5) is 12.4. The summed E-state index contributed by atoms with van der Waals surface area (Å²) in [5.41, 5.74) is 0.217. The second-order valence-electron chi connectivity index (χ2n) is 8.26. The Kier molecular flexibility index (Phi) is 7.88. The number of benzene rings is 2. The molecule has 33 heavy (non-hydrogen) atoms. The van der Waals surface area contributed by atoms with Crippen LogP contribution >= 0.6 is 0 Å². The van der Waals surface area contributed by atoms with Gasteiger partial charge in [-0.15, -0.1) is 0 Å². The molecule has 180 valence electrons. The summed E-state index contributed by atoms with van der Waals surface area (Å²) in [5, 5.41) is 2.58. The van der Waals surface area contributed by atoms with Gasteiger partial charge >= 0.3 is 0 Å². The van der Waals surface area contributed by atoms with Crippen LogP contribution in [0.3, 0.4) is 0 Å². The summed E-state index contributed by atoms with van der Waals surface area (Å²) in [6, 6.07) is 9.52. The lowest BCUT2D eigenvalue weighted by Gasteiger charge is -2.26. The third kappa shape index (κ3) is 5.97. The third-order valence-electron chi connectivity index (χ3n) is 5.41. The van der Waals surface area contributed by atoms with Crippen molar-refractivity contribution in [1.82, 2.24) is 9.03 Å². The summed E-state index contributed by atoms with van der Waals surface area (Å²) in [6.45, 7) is 4.19. The maximum atomic E-state index is 14.0. The Hall–Kier alpha value is -2.34. The number of anilines is 1. The van der Waals surface area contributed by atoms with Crippen LogP contribution < -0.4 is 10.0 Å². The highest BCUT2D eigenvalue weighted by molar-refractivity contribution is 7.89. The van der Waals surface area contributed by atoms with E-state index in [2.05, 4.69) is 10.0 Å². The Bertz CT molecular complexity index is 1210. The second kappa shape index (κ2) is 10.3. The van der Waals surface area contributed by atoms with Crippen molar-refractivity contribution in [3.05, 3.63) is 54.3 Å². The van der Waals surface area contributed by atoms with Crippen LogP contribution in [0.15, 0.2) is 58.3 Å². The molecule has 0 bridgehead atoms. The number of amides is 1. The lowest BCUT2D eigenvalue weighted by atomic mass is 10.0. The molecular formula is C22H28FN3O5S2. The Morgan fingerprint density at radius 3 is 2.27 bits per heavy atom. The standard InChI is InChI=1S/C22H28FN3O5S2/c1-16(2)21(25-32(28,29)20-12-5-4-11-19(20)23)22(27)24-17-9-8-10-18(15-17)33(30,31)26-13-6-3-7-14-26/h4-5,8-12,15-16,21,25H,3,6-7,13-14H2,1-2H3,(H,24,27)/t21-/m0/s1. The maximum absolute atomic E-state index is 14.0. The number of hydrogen-bond acceptors (Lipinski definition) is 5. The molecule has 1 aliphatic rings. The quantitative estimate of drug-likeness (QED) is 0.582. The predicted molar refractivity (Wildman–Crippen MR) is 123 cm³/mol. The Morgan fingerprint density at radius 1 is 0.970 bits per heavy atom. The highest BCUT2D eigenvalue weighted by atomic mass is 32.2. The number of carbonyl (C=O) groups is 1. The molecule has 1 fully saturated rings. The average molecular weight is 498 g/mol. The van der Waals surface area contributed by atoms with Gasteiger partial charge in [-0.2, -0.15) is 9.03 Å². The minimum absolute atomic E-state index is 0.0511. The number of sulfonamides is 2. The van der Waals surface area contributed by atoms with Gasteiger partial charge < -0.3 is 5.32 Å². The Labute approximate surface area is 194 Å². The summed E-state index contributed by atoms with van der Waals surface area (Å²) >= 11 is 0. The zero-order valence-corrected chi connectivity index (χ0v) is 20.1. The van der Waals surface area contributed by atoms with E-state index in [1.807, 2.05) is 0 Å². The van der Waals surface area contributed by atoms with Gasteiger partial charge in [0.1, 0.15) is 16.8 Å². The fraction of sp³-hybridized carbons (Fsp3) is 0.409. The summed E-state index contributed by atoms with van der Waals surface area (Å²) in [5.74, 6) is -2.08. The molecule has 2 aromatic carbocycles. The van der Waals surface area contributed by atoms with Crippen LogP contribution in [-0.4, -0.2) is 46.2 Å². The van der Waals surface area contributed by atoms with Gasteiger partial charge in [-0.3, -0.25) is 4.79 Å². The van der Waals surface area contributed by atoms with Gasteiger partial charge in [0.05, 0.1) is 4.90 Å². The van der Waals surface area contributed by atoms with Gasteiger partial charge in [0, 0.05) is 18.8 Å². The maximum Gasteiger partial charge on any atom is 0.244 e. The summed E-state index contributed by atoms with van der Waals surface area (Å²) < 4.78 is 68.9. The number of carbonyl (C=O) groups excluding carboxylic acids is 1. The predicted octanol–water partition coefficient (Wildman–Crippen LogP) is 2.94. The molecule has 0 aromatic heterocycles. The zero-order chi connectivity index (χ0) is 24.2. The number of nitrogens with one attached hydrogen (secondary N) is 2. The van der Waals surface area contributed by atoms with Crippen molar-refractivity contribution >= 4 is 31.6 Å². The van der Waals surface area contributed by atoms with E-state index in [-0.39, 0.29) is 10.6 Å². The number of hydrogen-bond donors (Lipinski definition) is 2. The van der Waals surface area contributed by atoms with Gasteiger partial charge in [-0.05, 0) is 49.1 Å². The van der Waals surface area contributed by atoms with E-state index in [9.17, 15) is 26.0 Å². The van der Waals surface area contributed by atoms with Crippen molar-refractivity contribution < 1.29 is 26.0 Å². The van der Waals surface area contributed by atoms with E-state index in [1.165, 1.54) is 40.7 Å². The van der Waals surface area contributed by atoms with Crippen molar-refractivity contribution in [2.24, 2.45) is 5.92 Å². The monoisotopic (exact) mass is 497 g/mol. The third-order valence-corrected chi connectivity index (χ3v) is 8.78. The molecule has 1 heterocycles. The van der Waals surface area contributed by atoms with Gasteiger partial charge in [-0.25, -0.2) is 21.2 Å². The van der Waals surface area contributed by atoms with Gasteiger partial charge in [-0.1, -0.05) is 38.5 Å². The number of nitrogens with zero attached hydrogens (tertiary/aromatic N) is 1. The normalized spacial score (nSPS) is 16.5. The Balaban J connectivity index is 1.80. The highest BCUT2D eigenvalue weighted by Gasteiger charge is 2.30. The molecule has 1 aliphatic heterocycles. The van der Waals surface area contributed by atoms with Crippen molar-refractivity contribution in [2.45, 2.75) is 48.9 Å². The molecule has 11 heteroatoms. The second-order valence-corrected chi connectivity index (χ2v) is 11.9. The lowest BCUT2D eigenvalue weighted by Crippen LogP contribution is -2.47. The molecule has 2 N–H and O–H groups in total.